The van der Waals surface area contributed by atoms with Crippen molar-refractivity contribution in [2.45, 2.75) is 53.9 Å². The van der Waals surface area contributed by atoms with Gasteiger partial charge in [0.2, 0.25) is 0 Å². The third-order valence-corrected chi connectivity index (χ3v) is 5.75. The summed E-state index contributed by atoms with van der Waals surface area (Å²) in [7, 11) is 0. The molecule has 4 unspecified atom stereocenters. The lowest BCUT2D eigenvalue weighted by atomic mass is 9.71. The van der Waals surface area contributed by atoms with Gasteiger partial charge >= 0.3 is 0 Å². The molecule has 15 heavy (non-hydrogen) atoms. The topological polar surface area (TPSA) is 0 Å². The molecule has 0 aliphatic heterocycles. The zero-order valence-corrected chi connectivity index (χ0v) is 11.1. The zero-order valence-electron chi connectivity index (χ0n) is 11.1. The van der Waals surface area contributed by atoms with E-state index in [0.29, 0.717) is 16.2 Å². The molecular formula is C15H26. The fourth-order valence-corrected chi connectivity index (χ4v) is 4.77. The van der Waals surface area contributed by atoms with Gasteiger partial charge in [-0.2, -0.15) is 0 Å². The van der Waals surface area contributed by atoms with Crippen molar-refractivity contribution in [2.75, 3.05) is 0 Å². The van der Waals surface area contributed by atoms with Gasteiger partial charge in [0.05, 0.1) is 0 Å². The summed E-state index contributed by atoms with van der Waals surface area (Å²) in [5.74, 6) is 1.85. The van der Waals surface area contributed by atoms with E-state index in [0.717, 1.165) is 11.8 Å². The average Bonchev–Trinajstić information content (AvgIpc) is 2.95. The van der Waals surface area contributed by atoms with Crippen LogP contribution < -0.4 is 0 Å². The van der Waals surface area contributed by atoms with Gasteiger partial charge in [0.15, 0.2) is 0 Å². The second-order valence-corrected chi connectivity index (χ2v) is 6.54. The summed E-state index contributed by atoms with van der Waals surface area (Å²) in [4.78, 5) is 0. The summed E-state index contributed by atoms with van der Waals surface area (Å²) in [6.45, 7) is 16.1. The Morgan fingerprint density at radius 1 is 1.33 bits per heavy atom. The lowest BCUT2D eigenvalue weighted by molar-refractivity contribution is 0.164. The van der Waals surface area contributed by atoms with Gasteiger partial charge < -0.3 is 0 Å². The number of allylic oxidation sites excluding steroid dienone is 1. The number of fused-ring (bicyclic) bond motifs is 1. The fraction of sp³-hybridized carbons (Fsp3) is 0.867. The molecule has 2 saturated carbocycles. The van der Waals surface area contributed by atoms with Gasteiger partial charge in [-0.1, -0.05) is 53.5 Å². The molecule has 0 N–H and O–H groups in total. The fourth-order valence-electron chi connectivity index (χ4n) is 4.77. The molecule has 0 aromatic rings. The number of hydrogen-bond donors (Lipinski definition) is 0. The van der Waals surface area contributed by atoms with E-state index >= 15 is 0 Å². The minimum Gasteiger partial charge on any atom is -0.102 e. The number of rotatable bonds is 5. The van der Waals surface area contributed by atoms with Gasteiger partial charge in [0.1, 0.15) is 0 Å². The molecular weight excluding hydrogens is 180 g/mol. The Morgan fingerprint density at radius 2 is 1.93 bits per heavy atom. The summed E-state index contributed by atoms with van der Waals surface area (Å²) >= 11 is 0. The van der Waals surface area contributed by atoms with Gasteiger partial charge in [-0.05, 0) is 29.1 Å². The van der Waals surface area contributed by atoms with E-state index in [1.807, 2.05) is 0 Å². The molecule has 2 rings (SSSR count). The molecule has 0 radical (unpaired) electrons. The van der Waals surface area contributed by atoms with Crippen molar-refractivity contribution in [2.24, 2.45) is 28.1 Å². The van der Waals surface area contributed by atoms with Crippen LogP contribution >= 0.6 is 0 Å². The normalized spacial score (nSPS) is 47.3. The summed E-state index contributed by atoms with van der Waals surface area (Å²) in [5.41, 5.74) is 1.65. The molecule has 0 bridgehead atoms. The molecule has 0 aromatic heterocycles. The van der Waals surface area contributed by atoms with Crippen molar-refractivity contribution in [1.29, 1.82) is 0 Å². The van der Waals surface area contributed by atoms with Gasteiger partial charge in [0, 0.05) is 5.41 Å². The van der Waals surface area contributed by atoms with Crippen LogP contribution in [0.2, 0.25) is 0 Å². The lowest BCUT2D eigenvalue weighted by Crippen LogP contribution is -2.26. The van der Waals surface area contributed by atoms with E-state index < -0.39 is 0 Å². The Hall–Kier alpha value is -0.260. The maximum absolute atomic E-state index is 4.11. The first-order chi connectivity index (χ1) is 6.93. The van der Waals surface area contributed by atoms with E-state index in [1.54, 1.807) is 0 Å². The second-order valence-electron chi connectivity index (χ2n) is 6.54. The van der Waals surface area contributed by atoms with E-state index in [4.69, 9.17) is 0 Å². The summed E-state index contributed by atoms with van der Waals surface area (Å²) in [6.07, 6.45) is 6.31. The maximum atomic E-state index is 4.11. The second kappa shape index (κ2) is 2.90. The van der Waals surface area contributed by atoms with Gasteiger partial charge in [-0.25, -0.2) is 0 Å². The first-order valence-corrected chi connectivity index (χ1v) is 6.57. The Kier molecular flexibility index (Phi) is 2.17. The predicted molar refractivity (Wildman–Crippen MR) is 66.7 cm³/mol. The smallest absolute Gasteiger partial charge is 0.00117 e. The third-order valence-electron chi connectivity index (χ3n) is 5.75. The van der Waals surface area contributed by atoms with Crippen LogP contribution in [0.1, 0.15) is 53.9 Å². The average molecular weight is 206 g/mol. The van der Waals surface area contributed by atoms with Crippen LogP contribution in [0.15, 0.2) is 12.7 Å². The first-order valence-electron chi connectivity index (χ1n) is 6.57. The molecule has 0 heterocycles. The summed E-state index contributed by atoms with van der Waals surface area (Å²) < 4.78 is 0. The standard InChI is InChI=1S/C15H26/c1-7-10-11-14(6)12(13(4,5)8-2)15(11,14)9-3/h9,11-12H,3,7-8,10H2,1-2,4-6H3. The van der Waals surface area contributed by atoms with Crippen LogP contribution in [-0.2, 0) is 0 Å². The van der Waals surface area contributed by atoms with Crippen LogP contribution in [0.3, 0.4) is 0 Å². The molecule has 0 amide bonds. The van der Waals surface area contributed by atoms with Gasteiger partial charge in [-0.3, -0.25) is 0 Å². The summed E-state index contributed by atoms with van der Waals surface area (Å²) in [6, 6.07) is 0. The molecule has 0 spiro atoms. The minimum atomic E-state index is 0.507. The van der Waals surface area contributed by atoms with E-state index in [-0.39, 0.29) is 0 Å². The van der Waals surface area contributed by atoms with Crippen molar-refractivity contribution in [3.63, 3.8) is 0 Å². The van der Waals surface area contributed by atoms with Crippen LogP contribution in [0.5, 0.6) is 0 Å². The third kappa shape index (κ3) is 0.990. The molecule has 86 valence electrons. The Bertz CT molecular complexity index is 288. The highest BCUT2D eigenvalue weighted by molar-refractivity contribution is 5.46. The van der Waals surface area contributed by atoms with Crippen molar-refractivity contribution < 1.29 is 0 Å². The Morgan fingerprint density at radius 3 is 2.27 bits per heavy atom. The Labute approximate surface area is 95.1 Å². The molecule has 0 heteroatoms. The van der Waals surface area contributed by atoms with Crippen LogP contribution in [0.4, 0.5) is 0 Å². The van der Waals surface area contributed by atoms with E-state index in [2.05, 4.69) is 47.3 Å². The van der Waals surface area contributed by atoms with Crippen LogP contribution in [0, 0.1) is 28.1 Å². The highest BCUT2D eigenvalue weighted by Gasteiger charge is 2.94. The first kappa shape index (κ1) is 11.2. The largest absolute Gasteiger partial charge is 0.102 e. The van der Waals surface area contributed by atoms with Crippen molar-refractivity contribution >= 4 is 0 Å². The molecule has 0 saturated heterocycles. The quantitative estimate of drug-likeness (QED) is 0.574. The molecule has 2 aliphatic carbocycles. The minimum absolute atomic E-state index is 0.507. The van der Waals surface area contributed by atoms with E-state index in [9.17, 15) is 0 Å². The molecule has 4 atom stereocenters. The highest BCUT2D eigenvalue weighted by atomic mass is 15.0. The SMILES string of the molecule is C=CC12C(CCC)C1(C)C2C(C)(C)CC. The van der Waals surface area contributed by atoms with Gasteiger partial charge in [0.25, 0.3) is 0 Å². The predicted octanol–water partition coefficient (Wildman–Crippen LogP) is 4.66. The lowest BCUT2D eigenvalue weighted by Gasteiger charge is -2.33. The van der Waals surface area contributed by atoms with Gasteiger partial charge in [-0.15, -0.1) is 6.58 Å². The molecule has 2 aliphatic rings. The monoisotopic (exact) mass is 206 g/mol. The van der Waals surface area contributed by atoms with Crippen molar-refractivity contribution in [3.05, 3.63) is 12.7 Å². The molecule has 0 nitrogen and oxygen atoms in total. The van der Waals surface area contributed by atoms with E-state index in [1.165, 1.54) is 19.3 Å². The van der Waals surface area contributed by atoms with Crippen LogP contribution in [-0.4, -0.2) is 0 Å². The zero-order chi connectivity index (χ0) is 11.5. The summed E-state index contributed by atoms with van der Waals surface area (Å²) in [5, 5.41) is 0. The number of hydrogen-bond acceptors (Lipinski definition) is 0. The van der Waals surface area contributed by atoms with Crippen molar-refractivity contribution in [1.82, 2.24) is 0 Å². The highest BCUT2D eigenvalue weighted by Crippen LogP contribution is 2.98. The van der Waals surface area contributed by atoms with Crippen molar-refractivity contribution in [3.8, 4) is 0 Å². The molecule has 0 aromatic carbocycles. The molecule has 2 fully saturated rings. The Balaban J connectivity index is 2.15. The van der Waals surface area contributed by atoms with Crippen LogP contribution in [0.25, 0.3) is 0 Å². The maximum Gasteiger partial charge on any atom is 0.00117 e.